The summed E-state index contributed by atoms with van der Waals surface area (Å²) in [4.78, 5) is 13.5. The Hall–Kier alpha value is -2.14. The van der Waals surface area contributed by atoms with Crippen LogP contribution < -0.4 is 10.3 Å². The molecule has 1 unspecified atom stereocenters. The Balaban J connectivity index is 1.74. The minimum atomic E-state index is -0.194. The van der Waals surface area contributed by atoms with Crippen molar-refractivity contribution in [2.24, 2.45) is 0 Å². The van der Waals surface area contributed by atoms with Crippen LogP contribution in [0.4, 0.5) is 0 Å². The summed E-state index contributed by atoms with van der Waals surface area (Å²) < 4.78 is 6.14. The van der Waals surface area contributed by atoms with Gasteiger partial charge in [-0.2, -0.15) is 5.10 Å². The van der Waals surface area contributed by atoms with Crippen LogP contribution in [0.2, 0.25) is 0 Å². The highest BCUT2D eigenvalue weighted by Crippen LogP contribution is 2.26. The Morgan fingerprint density at radius 1 is 1.17 bits per heavy atom. The van der Waals surface area contributed by atoms with Crippen LogP contribution in [-0.2, 0) is 0 Å². The summed E-state index contributed by atoms with van der Waals surface area (Å²) in [5, 5.41) is 6.53. The molecule has 1 saturated heterocycles. The number of aromatic amines is 1. The maximum atomic E-state index is 11.1. The first-order valence-electron chi connectivity index (χ1n) is 8.21. The van der Waals surface area contributed by atoms with E-state index < -0.39 is 0 Å². The molecule has 2 heterocycles. The Kier molecular flexibility index (Phi) is 4.76. The SMILES string of the molecule is Cc1cc(-c2ccc(=O)[nH]n2)ccc1OC(C)N1CCCCC1. The van der Waals surface area contributed by atoms with Crippen molar-refractivity contribution in [1.29, 1.82) is 0 Å². The van der Waals surface area contributed by atoms with E-state index in [1.807, 2.05) is 25.1 Å². The number of H-pyrrole nitrogens is 1. The van der Waals surface area contributed by atoms with Gasteiger partial charge in [-0.05, 0) is 56.5 Å². The molecule has 1 N–H and O–H groups in total. The van der Waals surface area contributed by atoms with Crippen molar-refractivity contribution in [2.75, 3.05) is 13.1 Å². The second kappa shape index (κ2) is 6.96. The van der Waals surface area contributed by atoms with Crippen molar-refractivity contribution in [3.05, 3.63) is 46.2 Å². The van der Waals surface area contributed by atoms with Crippen LogP contribution in [0, 0.1) is 6.92 Å². The van der Waals surface area contributed by atoms with Gasteiger partial charge in [0.25, 0.3) is 5.56 Å². The molecule has 0 amide bonds. The third-order valence-electron chi connectivity index (χ3n) is 4.35. The fourth-order valence-electron chi connectivity index (χ4n) is 2.99. The summed E-state index contributed by atoms with van der Waals surface area (Å²) in [7, 11) is 0. The van der Waals surface area contributed by atoms with Gasteiger partial charge in [-0.15, -0.1) is 0 Å². The molecule has 3 rings (SSSR count). The molecule has 1 fully saturated rings. The molecule has 1 aromatic carbocycles. The predicted octanol–water partition coefficient (Wildman–Crippen LogP) is 2.96. The van der Waals surface area contributed by atoms with Gasteiger partial charge in [-0.1, -0.05) is 6.42 Å². The number of likely N-dealkylation sites (tertiary alicyclic amines) is 1. The molecule has 1 aromatic heterocycles. The van der Waals surface area contributed by atoms with E-state index in [9.17, 15) is 4.79 Å². The molecular weight excluding hydrogens is 290 g/mol. The van der Waals surface area contributed by atoms with Crippen molar-refractivity contribution < 1.29 is 4.74 Å². The number of hydrogen-bond acceptors (Lipinski definition) is 4. The van der Waals surface area contributed by atoms with Gasteiger partial charge in [-0.25, -0.2) is 5.10 Å². The zero-order chi connectivity index (χ0) is 16.2. The summed E-state index contributed by atoms with van der Waals surface area (Å²) in [6.07, 6.45) is 3.92. The lowest BCUT2D eigenvalue weighted by Crippen LogP contribution is -2.40. The van der Waals surface area contributed by atoms with Crippen LogP contribution in [0.5, 0.6) is 5.75 Å². The van der Waals surface area contributed by atoms with Crippen LogP contribution in [-0.4, -0.2) is 34.4 Å². The number of piperidine rings is 1. The molecule has 2 aromatic rings. The van der Waals surface area contributed by atoms with Gasteiger partial charge < -0.3 is 4.74 Å². The first-order chi connectivity index (χ1) is 11.1. The second-order valence-electron chi connectivity index (χ2n) is 6.10. The van der Waals surface area contributed by atoms with Crippen molar-refractivity contribution in [2.45, 2.75) is 39.3 Å². The highest BCUT2D eigenvalue weighted by molar-refractivity contribution is 5.61. The molecule has 1 aliphatic heterocycles. The molecular formula is C18H23N3O2. The van der Waals surface area contributed by atoms with E-state index in [0.29, 0.717) is 0 Å². The Morgan fingerprint density at radius 3 is 2.61 bits per heavy atom. The van der Waals surface area contributed by atoms with E-state index in [1.54, 1.807) is 6.07 Å². The Bertz CT molecular complexity index is 700. The van der Waals surface area contributed by atoms with Crippen molar-refractivity contribution in [3.63, 3.8) is 0 Å². The molecule has 0 aliphatic carbocycles. The third kappa shape index (κ3) is 3.79. The van der Waals surface area contributed by atoms with Gasteiger partial charge in [0, 0.05) is 24.7 Å². The van der Waals surface area contributed by atoms with Gasteiger partial charge in [-0.3, -0.25) is 9.69 Å². The summed E-state index contributed by atoms with van der Waals surface area (Å²) >= 11 is 0. The summed E-state index contributed by atoms with van der Waals surface area (Å²) in [5.74, 6) is 0.899. The Labute approximate surface area is 136 Å². The fraction of sp³-hybridized carbons (Fsp3) is 0.444. The molecule has 1 atom stereocenters. The molecule has 23 heavy (non-hydrogen) atoms. The number of hydrogen-bond donors (Lipinski definition) is 1. The fourth-order valence-corrected chi connectivity index (χ4v) is 2.99. The van der Waals surface area contributed by atoms with Crippen LogP contribution in [0.1, 0.15) is 31.7 Å². The maximum absolute atomic E-state index is 11.1. The van der Waals surface area contributed by atoms with E-state index in [2.05, 4.69) is 22.0 Å². The Morgan fingerprint density at radius 2 is 1.96 bits per heavy atom. The van der Waals surface area contributed by atoms with Crippen LogP contribution in [0.25, 0.3) is 11.3 Å². The number of aryl methyl sites for hydroxylation is 1. The highest BCUT2D eigenvalue weighted by atomic mass is 16.5. The van der Waals surface area contributed by atoms with E-state index >= 15 is 0 Å². The lowest BCUT2D eigenvalue weighted by Gasteiger charge is -2.32. The number of nitrogens with one attached hydrogen (secondary N) is 1. The van der Waals surface area contributed by atoms with Crippen molar-refractivity contribution in [1.82, 2.24) is 15.1 Å². The minimum Gasteiger partial charge on any atom is -0.475 e. The standard InChI is InChI=1S/C18H23N3O2/c1-13-12-15(16-7-9-18(22)20-19-16)6-8-17(13)23-14(2)21-10-4-3-5-11-21/h6-9,12,14H,3-5,10-11H2,1-2H3,(H,20,22). The topological polar surface area (TPSA) is 58.2 Å². The second-order valence-corrected chi connectivity index (χ2v) is 6.10. The van der Waals surface area contributed by atoms with Gasteiger partial charge in [0.15, 0.2) is 0 Å². The number of benzene rings is 1. The predicted molar refractivity (Wildman–Crippen MR) is 90.5 cm³/mol. The quantitative estimate of drug-likeness (QED) is 0.943. The molecule has 0 radical (unpaired) electrons. The first-order valence-corrected chi connectivity index (χ1v) is 8.21. The molecule has 0 saturated carbocycles. The smallest absolute Gasteiger partial charge is 0.264 e. The van der Waals surface area contributed by atoms with Gasteiger partial charge in [0.2, 0.25) is 0 Å². The maximum Gasteiger partial charge on any atom is 0.264 e. The van der Waals surface area contributed by atoms with Crippen LogP contribution in [0.3, 0.4) is 0 Å². The first kappa shape index (κ1) is 15.7. The molecule has 5 nitrogen and oxygen atoms in total. The average molecular weight is 313 g/mol. The van der Waals surface area contributed by atoms with Gasteiger partial charge >= 0.3 is 0 Å². The van der Waals surface area contributed by atoms with Crippen molar-refractivity contribution >= 4 is 0 Å². The van der Waals surface area contributed by atoms with E-state index in [-0.39, 0.29) is 11.8 Å². The van der Waals surface area contributed by atoms with Gasteiger partial charge in [0.1, 0.15) is 12.0 Å². The normalized spacial score (nSPS) is 17.0. The zero-order valence-electron chi connectivity index (χ0n) is 13.7. The van der Waals surface area contributed by atoms with Crippen LogP contribution in [0.15, 0.2) is 35.1 Å². The zero-order valence-corrected chi connectivity index (χ0v) is 13.7. The molecule has 5 heteroatoms. The lowest BCUT2D eigenvalue weighted by atomic mass is 10.1. The number of nitrogens with zero attached hydrogens (tertiary/aromatic N) is 2. The number of ether oxygens (including phenoxy) is 1. The molecule has 0 bridgehead atoms. The van der Waals surface area contributed by atoms with E-state index in [4.69, 9.17) is 4.74 Å². The largest absolute Gasteiger partial charge is 0.475 e. The number of aromatic nitrogens is 2. The number of rotatable bonds is 4. The molecule has 1 aliphatic rings. The molecule has 0 spiro atoms. The monoisotopic (exact) mass is 313 g/mol. The molecule has 122 valence electrons. The summed E-state index contributed by atoms with van der Waals surface area (Å²) in [5.41, 5.74) is 2.60. The van der Waals surface area contributed by atoms with E-state index in [0.717, 1.165) is 35.7 Å². The third-order valence-corrected chi connectivity index (χ3v) is 4.35. The van der Waals surface area contributed by atoms with Crippen molar-refractivity contribution in [3.8, 4) is 17.0 Å². The summed E-state index contributed by atoms with van der Waals surface area (Å²) in [6.45, 7) is 6.37. The highest BCUT2D eigenvalue weighted by Gasteiger charge is 2.18. The summed E-state index contributed by atoms with van der Waals surface area (Å²) in [6, 6.07) is 9.22. The minimum absolute atomic E-state index is 0.0889. The van der Waals surface area contributed by atoms with E-state index in [1.165, 1.54) is 25.3 Å². The average Bonchev–Trinajstić information content (AvgIpc) is 2.58. The lowest BCUT2D eigenvalue weighted by molar-refractivity contribution is 0.0258. The van der Waals surface area contributed by atoms with Gasteiger partial charge in [0.05, 0.1) is 5.69 Å². The van der Waals surface area contributed by atoms with Crippen LogP contribution >= 0.6 is 0 Å².